The molecule has 4 rings (SSSR count). The Morgan fingerprint density at radius 2 is 1.77 bits per heavy atom. The van der Waals surface area contributed by atoms with Gasteiger partial charge in [-0.15, -0.1) is 22.7 Å². The molecule has 1 aromatic carbocycles. The molecule has 0 bridgehead atoms. The summed E-state index contributed by atoms with van der Waals surface area (Å²) in [6.07, 6.45) is -5.57. The Labute approximate surface area is 225 Å². The summed E-state index contributed by atoms with van der Waals surface area (Å²) in [5, 5.41) is 3.25. The normalized spacial score (nSPS) is 12.6. The first-order valence-electron chi connectivity index (χ1n) is 11.3. The molecule has 0 fully saturated rings. The fraction of sp³-hybridized carbons (Fsp3) is 0.333. The van der Waals surface area contributed by atoms with Gasteiger partial charge in [-0.3, -0.25) is 28.3 Å². The molecule has 0 aliphatic heterocycles. The predicted molar refractivity (Wildman–Crippen MR) is 134 cm³/mol. The molecule has 208 valence electrons. The van der Waals surface area contributed by atoms with E-state index in [1.54, 1.807) is 38.0 Å². The number of fused-ring (bicyclic) bond motifs is 1. The van der Waals surface area contributed by atoms with Crippen molar-refractivity contribution in [2.75, 3.05) is 0 Å². The summed E-state index contributed by atoms with van der Waals surface area (Å²) in [5.74, 6) is -5.56. The highest BCUT2D eigenvalue weighted by Crippen LogP contribution is 2.37. The largest absolute Gasteiger partial charge is 0.444 e. The van der Waals surface area contributed by atoms with Crippen molar-refractivity contribution in [1.29, 1.82) is 0 Å². The molecular weight excluding hydrogens is 567 g/mol. The van der Waals surface area contributed by atoms with Gasteiger partial charge in [0, 0.05) is 25.0 Å². The number of ether oxygens (including phenoxy) is 1. The average Bonchev–Trinajstić information content (AvgIpc) is 3.49. The maximum Gasteiger partial charge on any atom is 0.422 e. The van der Waals surface area contributed by atoms with E-state index in [1.165, 1.54) is 21.4 Å². The molecule has 0 aliphatic rings. The zero-order valence-electron chi connectivity index (χ0n) is 20.9. The lowest BCUT2D eigenvalue weighted by molar-refractivity contribution is -0.151. The van der Waals surface area contributed by atoms with Crippen molar-refractivity contribution in [2.24, 2.45) is 25.0 Å². The zero-order valence-corrected chi connectivity index (χ0v) is 22.6. The van der Waals surface area contributed by atoms with Crippen LogP contribution in [0.4, 0.5) is 22.0 Å². The van der Waals surface area contributed by atoms with Crippen LogP contribution in [-0.2, 0) is 47.7 Å². The summed E-state index contributed by atoms with van der Waals surface area (Å²) in [5.41, 5.74) is -2.75. The second-order valence-corrected chi connectivity index (χ2v) is 10.5. The Kier molecular flexibility index (Phi) is 7.67. The Balaban J connectivity index is 1.79. The van der Waals surface area contributed by atoms with Gasteiger partial charge in [0.15, 0.2) is 11.5 Å². The van der Waals surface area contributed by atoms with E-state index in [9.17, 15) is 36.3 Å². The number of nitrogens with zero attached hydrogens (tertiary/aromatic N) is 4. The van der Waals surface area contributed by atoms with Crippen molar-refractivity contribution in [3.8, 4) is 11.3 Å². The Bertz CT molecular complexity index is 1720. The molecule has 0 aliphatic carbocycles. The highest BCUT2D eigenvalue weighted by molar-refractivity contribution is 7.17. The molecule has 0 unspecified atom stereocenters. The van der Waals surface area contributed by atoms with Crippen LogP contribution in [0.2, 0.25) is 0 Å². The third kappa shape index (κ3) is 5.32. The minimum Gasteiger partial charge on any atom is -0.444 e. The van der Waals surface area contributed by atoms with Gasteiger partial charge in [-0.2, -0.15) is 18.2 Å². The third-order valence-electron chi connectivity index (χ3n) is 5.92. The molecule has 0 atom stereocenters. The number of rotatable bonds is 6. The van der Waals surface area contributed by atoms with E-state index < -0.39 is 53.5 Å². The number of hydrogen-bond acceptors (Lipinski definition) is 6. The number of amides is 1. The molecule has 8 nitrogen and oxygen atoms in total. The molecule has 39 heavy (non-hydrogen) atoms. The fourth-order valence-corrected chi connectivity index (χ4v) is 5.76. The van der Waals surface area contributed by atoms with Gasteiger partial charge >= 0.3 is 12.1 Å². The van der Waals surface area contributed by atoms with Crippen molar-refractivity contribution in [1.82, 2.24) is 13.9 Å². The Morgan fingerprint density at radius 1 is 1.08 bits per heavy atom. The van der Waals surface area contributed by atoms with E-state index in [-0.39, 0.29) is 22.5 Å². The molecule has 15 heteroatoms. The molecule has 0 radical (unpaired) electrons. The molecular formula is C24H21F5N4O4S2. The quantitative estimate of drug-likeness (QED) is 0.244. The standard InChI is InChI=1S/C24H21F5N4O4S2/c1-11(2)22(36)37-10-33-15(13-5-6-14(25)18(19(13)26)24(27,28)29)9-39-23(33)30-16(34)7-12-8-38-21-17(12)20(35)31(3)32(21)4/h5-6,8-9,11H,7,10H2,1-4H3/b30-23-. The molecule has 1 amide bonds. The minimum absolute atomic E-state index is 0.101. The number of hydrogen-bond donors (Lipinski definition) is 0. The summed E-state index contributed by atoms with van der Waals surface area (Å²) in [7, 11) is 3.28. The number of esters is 1. The Morgan fingerprint density at radius 3 is 2.41 bits per heavy atom. The van der Waals surface area contributed by atoms with Gasteiger partial charge in [-0.05, 0) is 23.1 Å². The predicted octanol–water partition coefficient (Wildman–Crippen LogP) is 4.59. The van der Waals surface area contributed by atoms with Crippen LogP contribution in [0.3, 0.4) is 0 Å². The molecule has 0 saturated heterocycles. The van der Waals surface area contributed by atoms with Gasteiger partial charge in [0.25, 0.3) is 11.5 Å². The van der Waals surface area contributed by atoms with E-state index in [0.717, 1.165) is 22.0 Å². The fourth-order valence-electron chi connectivity index (χ4n) is 3.79. The lowest BCUT2D eigenvalue weighted by Crippen LogP contribution is -2.23. The van der Waals surface area contributed by atoms with Crippen LogP contribution in [0.1, 0.15) is 25.0 Å². The number of thiophene rings is 1. The lowest BCUT2D eigenvalue weighted by atomic mass is 10.1. The summed E-state index contributed by atoms with van der Waals surface area (Å²) in [6, 6.07) is 1.30. The second-order valence-electron chi connectivity index (χ2n) is 8.84. The maximum absolute atomic E-state index is 15.0. The van der Waals surface area contributed by atoms with Gasteiger partial charge in [0.1, 0.15) is 22.0 Å². The first-order valence-corrected chi connectivity index (χ1v) is 13.1. The van der Waals surface area contributed by atoms with Crippen molar-refractivity contribution in [3.63, 3.8) is 0 Å². The average molecular weight is 589 g/mol. The van der Waals surface area contributed by atoms with Crippen molar-refractivity contribution in [3.05, 3.63) is 60.8 Å². The number of aryl methyl sites for hydroxylation is 1. The van der Waals surface area contributed by atoms with Crippen LogP contribution in [0.15, 0.2) is 32.7 Å². The van der Waals surface area contributed by atoms with Crippen LogP contribution >= 0.6 is 22.7 Å². The van der Waals surface area contributed by atoms with Crippen LogP contribution in [0.25, 0.3) is 21.5 Å². The van der Waals surface area contributed by atoms with Crippen molar-refractivity contribution >= 4 is 44.8 Å². The number of thiazole rings is 1. The third-order valence-corrected chi connectivity index (χ3v) is 7.87. The van der Waals surface area contributed by atoms with Gasteiger partial charge in [0.2, 0.25) is 0 Å². The topological polar surface area (TPSA) is 87.6 Å². The van der Waals surface area contributed by atoms with Crippen LogP contribution in [0.5, 0.6) is 0 Å². The number of benzene rings is 1. The SMILES string of the molecule is CC(C)C(=O)OCn1c(-c2ccc(F)c(C(F)(F)F)c2F)cs/c1=N\C(=O)Cc1csc2c1c(=O)n(C)n2C. The number of carbonyl (C=O) groups excluding carboxylic acids is 2. The lowest BCUT2D eigenvalue weighted by Gasteiger charge is -2.15. The van der Waals surface area contributed by atoms with Crippen LogP contribution in [0, 0.1) is 17.6 Å². The highest BCUT2D eigenvalue weighted by atomic mass is 32.1. The zero-order chi connectivity index (χ0) is 28.8. The van der Waals surface area contributed by atoms with Gasteiger partial charge in [0.05, 0.1) is 23.4 Å². The minimum atomic E-state index is -5.31. The number of aromatic nitrogens is 3. The van der Waals surface area contributed by atoms with E-state index in [1.807, 2.05) is 0 Å². The molecule has 3 aromatic heterocycles. The van der Waals surface area contributed by atoms with Crippen molar-refractivity contribution in [2.45, 2.75) is 33.2 Å². The summed E-state index contributed by atoms with van der Waals surface area (Å²) in [6.45, 7) is 2.52. The Hall–Kier alpha value is -3.59. The van der Waals surface area contributed by atoms with Crippen LogP contribution in [-0.4, -0.2) is 25.8 Å². The second kappa shape index (κ2) is 10.5. The van der Waals surface area contributed by atoms with Crippen LogP contribution < -0.4 is 10.4 Å². The first-order chi connectivity index (χ1) is 18.2. The van der Waals surface area contributed by atoms with E-state index in [2.05, 4.69) is 4.99 Å². The molecule has 4 aromatic rings. The molecule has 0 saturated carbocycles. The number of alkyl halides is 3. The molecule has 0 spiro atoms. The molecule has 0 N–H and O–H groups in total. The van der Waals surface area contributed by atoms with Crippen molar-refractivity contribution < 1.29 is 36.3 Å². The summed E-state index contributed by atoms with van der Waals surface area (Å²) in [4.78, 5) is 42.1. The first kappa shape index (κ1) is 28.4. The van der Waals surface area contributed by atoms with E-state index in [4.69, 9.17) is 4.74 Å². The smallest absolute Gasteiger partial charge is 0.422 e. The molecule has 3 heterocycles. The maximum atomic E-state index is 15.0. The summed E-state index contributed by atoms with van der Waals surface area (Å²) < 4.78 is 78.1. The van der Waals surface area contributed by atoms with Gasteiger partial charge in [-0.1, -0.05) is 13.8 Å². The number of carbonyl (C=O) groups is 2. The highest BCUT2D eigenvalue weighted by Gasteiger charge is 2.39. The summed E-state index contributed by atoms with van der Waals surface area (Å²) >= 11 is 2.06. The van der Waals surface area contributed by atoms with Gasteiger partial charge in [-0.25, -0.2) is 8.78 Å². The van der Waals surface area contributed by atoms with E-state index >= 15 is 0 Å². The number of halogens is 5. The van der Waals surface area contributed by atoms with Gasteiger partial charge < -0.3 is 4.74 Å². The van der Waals surface area contributed by atoms with E-state index in [0.29, 0.717) is 21.8 Å². The monoisotopic (exact) mass is 588 g/mol.